The van der Waals surface area contributed by atoms with E-state index in [-0.39, 0.29) is 24.0 Å². The van der Waals surface area contributed by atoms with Crippen LogP contribution in [0.1, 0.15) is 57.2 Å². The molecule has 1 spiro atoms. The van der Waals surface area contributed by atoms with Crippen molar-refractivity contribution in [1.29, 1.82) is 0 Å². The van der Waals surface area contributed by atoms with Crippen molar-refractivity contribution in [2.75, 3.05) is 26.7 Å². The summed E-state index contributed by atoms with van der Waals surface area (Å²) in [7, 11) is 1.92. The van der Waals surface area contributed by atoms with E-state index in [1.54, 1.807) is 0 Å². The van der Waals surface area contributed by atoms with Gasteiger partial charge in [0.15, 0.2) is 5.96 Å². The van der Waals surface area contributed by atoms with Crippen LogP contribution >= 0.6 is 24.0 Å². The van der Waals surface area contributed by atoms with Crippen molar-refractivity contribution < 1.29 is 0 Å². The van der Waals surface area contributed by atoms with E-state index in [0.717, 1.165) is 31.3 Å². The number of aliphatic imine (C=N–C) groups is 1. The van der Waals surface area contributed by atoms with E-state index in [9.17, 15) is 0 Å². The van der Waals surface area contributed by atoms with E-state index in [4.69, 9.17) is 0 Å². The van der Waals surface area contributed by atoms with Crippen molar-refractivity contribution in [1.82, 2.24) is 19.8 Å². The quantitative estimate of drug-likeness (QED) is 0.315. The van der Waals surface area contributed by atoms with Crippen molar-refractivity contribution in [2.45, 2.75) is 64.8 Å². The summed E-state index contributed by atoms with van der Waals surface area (Å²) in [6, 6.07) is 0. The molecule has 0 bridgehead atoms. The van der Waals surface area contributed by atoms with Gasteiger partial charge in [0.1, 0.15) is 5.82 Å². The summed E-state index contributed by atoms with van der Waals surface area (Å²) in [5.41, 5.74) is 0.592. The van der Waals surface area contributed by atoms with Crippen LogP contribution in [0.25, 0.3) is 0 Å². The third kappa shape index (κ3) is 5.34. The maximum atomic E-state index is 4.53. The maximum absolute atomic E-state index is 4.53. The number of likely N-dealkylation sites (tertiary alicyclic amines) is 1. The highest BCUT2D eigenvalue weighted by Crippen LogP contribution is 2.43. The monoisotopic (exact) mass is 459 g/mol. The number of hydrogen-bond donors (Lipinski definition) is 1. The number of aryl methyl sites for hydroxylation is 2. The number of halogens is 1. The maximum Gasteiger partial charge on any atom is 0.193 e. The highest BCUT2D eigenvalue weighted by Gasteiger charge is 2.39. The fourth-order valence-electron chi connectivity index (χ4n) is 4.41. The van der Waals surface area contributed by atoms with E-state index in [1.165, 1.54) is 58.0 Å². The molecular formula is C19H34IN5. The van der Waals surface area contributed by atoms with Gasteiger partial charge >= 0.3 is 0 Å². The van der Waals surface area contributed by atoms with Gasteiger partial charge in [0.2, 0.25) is 0 Å². The topological polar surface area (TPSA) is 45.5 Å². The molecular weight excluding hydrogens is 425 g/mol. The Morgan fingerprint density at radius 1 is 1.24 bits per heavy atom. The van der Waals surface area contributed by atoms with Gasteiger partial charge in [0.25, 0.3) is 0 Å². The van der Waals surface area contributed by atoms with Gasteiger partial charge in [-0.25, -0.2) is 4.98 Å². The third-order valence-electron chi connectivity index (χ3n) is 5.90. The third-order valence-corrected chi connectivity index (χ3v) is 5.90. The van der Waals surface area contributed by atoms with Crippen LogP contribution in [0.2, 0.25) is 0 Å². The molecule has 1 aromatic rings. The predicted molar refractivity (Wildman–Crippen MR) is 115 cm³/mol. The fraction of sp³-hybridized carbons (Fsp3) is 0.789. The summed E-state index contributed by atoms with van der Waals surface area (Å²) in [6.45, 7) is 6.51. The summed E-state index contributed by atoms with van der Waals surface area (Å²) in [4.78, 5) is 11.3. The Hall–Kier alpha value is -0.790. The molecule has 1 aromatic heterocycles. The molecule has 0 aromatic carbocycles. The molecule has 0 atom stereocenters. The second-order valence-electron chi connectivity index (χ2n) is 7.58. The molecule has 0 amide bonds. The second-order valence-corrected chi connectivity index (χ2v) is 7.58. The van der Waals surface area contributed by atoms with Crippen LogP contribution in [-0.4, -0.2) is 47.1 Å². The Balaban J connectivity index is 0.00000225. The minimum Gasteiger partial charge on any atom is -0.356 e. The number of guanidine groups is 1. The van der Waals surface area contributed by atoms with Crippen LogP contribution in [0.15, 0.2) is 17.4 Å². The molecule has 0 unspecified atom stereocenters. The van der Waals surface area contributed by atoms with Gasteiger partial charge in [-0.05, 0) is 44.4 Å². The summed E-state index contributed by atoms with van der Waals surface area (Å²) in [5.74, 6) is 2.21. The Morgan fingerprint density at radius 3 is 2.72 bits per heavy atom. The van der Waals surface area contributed by atoms with E-state index in [2.05, 4.69) is 37.9 Å². The Morgan fingerprint density at radius 2 is 2.04 bits per heavy atom. The zero-order valence-electron chi connectivity index (χ0n) is 15.8. The minimum atomic E-state index is 0. The Bertz CT molecular complexity index is 548. The average Bonchev–Trinajstić information content (AvgIpc) is 3.19. The lowest BCUT2D eigenvalue weighted by Crippen LogP contribution is -2.42. The van der Waals surface area contributed by atoms with Gasteiger partial charge in [-0.1, -0.05) is 19.3 Å². The first-order valence-corrected chi connectivity index (χ1v) is 9.66. The van der Waals surface area contributed by atoms with Crippen LogP contribution in [0.4, 0.5) is 0 Å². The largest absolute Gasteiger partial charge is 0.356 e. The van der Waals surface area contributed by atoms with Gasteiger partial charge in [-0.2, -0.15) is 0 Å². The van der Waals surface area contributed by atoms with Crippen LogP contribution in [0.3, 0.4) is 0 Å². The van der Waals surface area contributed by atoms with E-state index >= 15 is 0 Å². The van der Waals surface area contributed by atoms with Crippen molar-refractivity contribution in [3.63, 3.8) is 0 Å². The molecule has 0 radical (unpaired) electrons. The second kappa shape index (κ2) is 9.78. The van der Waals surface area contributed by atoms with E-state index in [1.807, 2.05) is 13.2 Å². The van der Waals surface area contributed by atoms with Crippen LogP contribution in [0.5, 0.6) is 0 Å². The first-order valence-electron chi connectivity index (χ1n) is 9.66. The first-order chi connectivity index (χ1) is 11.7. The molecule has 1 aliphatic carbocycles. The fourth-order valence-corrected chi connectivity index (χ4v) is 4.41. The van der Waals surface area contributed by atoms with Gasteiger partial charge < -0.3 is 14.8 Å². The van der Waals surface area contributed by atoms with Gasteiger partial charge in [-0.3, -0.25) is 4.99 Å². The number of hydrogen-bond acceptors (Lipinski definition) is 2. The van der Waals surface area contributed by atoms with Crippen molar-refractivity contribution in [2.24, 2.45) is 10.4 Å². The lowest BCUT2D eigenvalue weighted by atomic mass is 9.73. The molecule has 25 heavy (non-hydrogen) atoms. The summed E-state index contributed by atoms with van der Waals surface area (Å²) in [6.07, 6.45) is 14.8. The SMILES string of the molecule is CN=C(NCCCCn1ccnc1C)N1CCC2(CCCCC2)C1.I. The van der Waals surface area contributed by atoms with Gasteiger partial charge in [-0.15, -0.1) is 24.0 Å². The van der Waals surface area contributed by atoms with Crippen molar-refractivity contribution in [3.05, 3.63) is 18.2 Å². The number of nitrogens with one attached hydrogen (secondary N) is 1. The summed E-state index contributed by atoms with van der Waals surface area (Å²) < 4.78 is 2.22. The number of nitrogens with zero attached hydrogens (tertiary/aromatic N) is 4. The lowest BCUT2D eigenvalue weighted by molar-refractivity contribution is 0.203. The smallest absolute Gasteiger partial charge is 0.193 e. The van der Waals surface area contributed by atoms with Crippen LogP contribution in [0, 0.1) is 12.3 Å². The number of rotatable bonds is 5. The number of unbranched alkanes of at least 4 members (excludes halogenated alkanes) is 1. The zero-order chi connectivity index (χ0) is 16.8. The van der Waals surface area contributed by atoms with Crippen LogP contribution < -0.4 is 5.32 Å². The lowest BCUT2D eigenvalue weighted by Gasteiger charge is -2.33. The summed E-state index contributed by atoms with van der Waals surface area (Å²) in [5, 5.41) is 3.58. The van der Waals surface area contributed by atoms with Crippen molar-refractivity contribution >= 4 is 29.9 Å². The van der Waals surface area contributed by atoms with E-state index < -0.39 is 0 Å². The number of aromatic nitrogens is 2. The normalized spacial score (nSPS) is 19.9. The molecule has 142 valence electrons. The van der Waals surface area contributed by atoms with Gasteiger partial charge in [0, 0.05) is 45.6 Å². The molecule has 1 saturated heterocycles. The molecule has 5 nitrogen and oxygen atoms in total. The number of imidazole rings is 1. The van der Waals surface area contributed by atoms with Crippen molar-refractivity contribution in [3.8, 4) is 0 Å². The molecule has 1 saturated carbocycles. The van der Waals surface area contributed by atoms with Gasteiger partial charge in [0.05, 0.1) is 0 Å². The molecule has 2 aliphatic rings. The predicted octanol–water partition coefficient (Wildman–Crippen LogP) is 3.82. The standard InChI is InChI=1S/C19H33N5.HI/c1-17-21-12-15-23(17)13-7-6-11-22-18(20-2)24-14-10-19(16-24)8-4-3-5-9-19;/h12,15H,3-11,13-14,16H2,1-2H3,(H,20,22);1H. The Kier molecular flexibility index (Phi) is 8.03. The molecule has 2 heterocycles. The zero-order valence-corrected chi connectivity index (χ0v) is 18.2. The Labute approximate surface area is 169 Å². The van der Waals surface area contributed by atoms with E-state index in [0.29, 0.717) is 5.41 Å². The first kappa shape index (κ1) is 20.5. The van der Waals surface area contributed by atoms with Crippen LogP contribution in [-0.2, 0) is 6.54 Å². The molecule has 6 heteroatoms. The molecule has 1 N–H and O–H groups in total. The summed E-state index contributed by atoms with van der Waals surface area (Å²) >= 11 is 0. The molecule has 2 fully saturated rings. The molecule has 3 rings (SSSR count). The highest BCUT2D eigenvalue weighted by molar-refractivity contribution is 14.0. The minimum absolute atomic E-state index is 0. The highest BCUT2D eigenvalue weighted by atomic mass is 127. The molecule has 1 aliphatic heterocycles. The average molecular weight is 459 g/mol.